The second-order valence-corrected chi connectivity index (χ2v) is 4.55. The van der Waals surface area contributed by atoms with E-state index in [0.717, 1.165) is 4.31 Å². The fraction of sp³-hybridized carbons (Fsp3) is 0.750. The van der Waals surface area contributed by atoms with Crippen LogP contribution in [-0.2, 0) is 14.0 Å². The molecule has 0 rings (SSSR count). The van der Waals surface area contributed by atoms with E-state index in [9.17, 15) is 13.2 Å². The zero-order valence-electron chi connectivity index (χ0n) is 6.36. The van der Waals surface area contributed by atoms with Crippen molar-refractivity contribution < 1.29 is 17.9 Å². The molecule has 0 radical (unpaired) electrons. The molecule has 0 aliphatic carbocycles. The fourth-order valence-electron chi connectivity index (χ4n) is 0.384. The number of amides is 1. The zero-order valence-corrected chi connectivity index (χ0v) is 7.93. The Hall–Kier alpha value is -0.530. The van der Waals surface area contributed by atoms with Gasteiger partial charge in [0.1, 0.15) is 6.61 Å². The summed E-state index contributed by atoms with van der Waals surface area (Å²) >= 11 is 0. The van der Waals surface area contributed by atoms with Crippen LogP contribution < -0.4 is 5.73 Å². The largest absolute Gasteiger partial charge is 0.448 e. The second kappa shape index (κ2) is 4.48. The number of nitrogens with two attached hydrogens (primary N) is 1. The van der Waals surface area contributed by atoms with Gasteiger partial charge in [0.05, 0.1) is 0 Å². The van der Waals surface area contributed by atoms with Crippen LogP contribution in [0.3, 0.4) is 0 Å². The van der Waals surface area contributed by atoms with Gasteiger partial charge in [0.25, 0.3) is 9.24 Å². The first kappa shape index (κ1) is 11.5. The van der Waals surface area contributed by atoms with Gasteiger partial charge in [-0.15, -0.1) is 0 Å². The molecule has 0 saturated heterocycles. The number of primary amides is 1. The summed E-state index contributed by atoms with van der Waals surface area (Å²) in [7, 11) is 2.45. The molecular formula is C4H9ClN2O4S. The third-order valence-corrected chi connectivity index (χ3v) is 2.66. The maximum Gasteiger partial charge on any atom is 0.404 e. The Morgan fingerprint density at radius 1 is 1.67 bits per heavy atom. The highest BCUT2D eigenvalue weighted by Gasteiger charge is 2.13. The molecule has 12 heavy (non-hydrogen) atoms. The predicted molar refractivity (Wildman–Crippen MR) is 42.9 cm³/mol. The molecule has 0 aromatic carbocycles. The van der Waals surface area contributed by atoms with Gasteiger partial charge >= 0.3 is 6.09 Å². The van der Waals surface area contributed by atoms with Crippen LogP contribution in [0.4, 0.5) is 4.79 Å². The fourth-order valence-corrected chi connectivity index (χ4v) is 0.883. The van der Waals surface area contributed by atoms with Crippen molar-refractivity contribution in [3.8, 4) is 0 Å². The van der Waals surface area contributed by atoms with Gasteiger partial charge in [-0.25, -0.2) is 4.79 Å². The average Bonchev–Trinajstić information content (AvgIpc) is 1.84. The number of carbonyl (C=O) groups is 1. The predicted octanol–water partition coefficient (Wildman–Crippen LogP) is -0.503. The molecule has 0 unspecified atom stereocenters. The zero-order chi connectivity index (χ0) is 9.78. The Morgan fingerprint density at radius 2 is 2.17 bits per heavy atom. The Bertz CT molecular complexity index is 252. The Kier molecular flexibility index (Phi) is 4.29. The first-order valence-corrected chi connectivity index (χ1v) is 5.19. The number of hydrogen-bond acceptors (Lipinski definition) is 4. The summed E-state index contributed by atoms with van der Waals surface area (Å²) < 4.78 is 26.2. The number of likely N-dealkylation sites (N-methyl/N-ethyl adjacent to an activating group) is 1. The third kappa shape index (κ3) is 5.16. The smallest absolute Gasteiger partial charge is 0.404 e. The molecule has 0 bridgehead atoms. The van der Waals surface area contributed by atoms with E-state index in [1.807, 2.05) is 0 Å². The molecule has 0 spiro atoms. The van der Waals surface area contributed by atoms with Crippen LogP contribution in [0.5, 0.6) is 0 Å². The van der Waals surface area contributed by atoms with Crippen LogP contribution >= 0.6 is 10.7 Å². The van der Waals surface area contributed by atoms with Crippen LogP contribution in [0.15, 0.2) is 0 Å². The van der Waals surface area contributed by atoms with E-state index in [1.165, 1.54) is 7.05 Å². The monoisotopic (exact) mass is 216 g/mol. The summed E-state index contributed by atoms with van der Waals surface area (Å²) in [5.41, 5.74) is 4.63. The van der Waals surface area contributed by atoms with Crippen molar-refractivity contribution in [1.29, 1.82) is 0 Å². The number of hydrogen-bond donors (Lipinski definition) is 1. The molecule has 8 heteroatoms. The second-order valence-electron chi connectivity index (χ2n) is 1.93. The number of rotatable bonds is 4. The lowest BCUT2D eigenvalue weighted by Gasteiger charge is -2.10. The molecule has 72 valence electrons. The van der Waals surface area contributed by atoms with Crippen LogP contribution in [0.2, 0.25) is 0 Å². The maximum atomic E-state index is 10.5. The molecular weight excluding hydrogens is 208 g/mol. The van der Waals surface area contributed by atoms with Gasteiger partial charge in [0.15, 0.2) is 0 Å². The van der Waals surface area contributed by atoms with Crippen LogP contribution in [0, 0.1) is 0 Å². The molecule has 0 heterocycles. The summed E-state index contributed by atoms with van der Waals surface area (Å²) in [6, 6.07) is 0. The molecule has 0 aromatic rings. The highest BCUT2D eigenvalue weighted by atomic mass is 35.7. The van der Waals surface area contributed by atoms with Crippen molar-refractivity contribution >= 4 is 26.0 Å². The minimum atomic E-state index is -3.73. The van der Waals surface area contributed by atoms with Gasteiger partial charge in [-0.1, -0.05) is 0 Å². The van der Waals surface area contributed by atoms with Gasteiger partial charge < -0.3 is 10.5 Å². The SMILES string of the molecule is CN(CCOC(N)=O)S(=O)(=O)Cl. The molecule has 2 N–H and O–H groups in total. The first-order valence-electron chi connectivity index (χ1n) is 2.92. The normalized spacial score (nSPS) is 11.6. The Balaban J connectivity index is 3.73. The molecule has 0 aromatic heterocycles. The standard InChI is InChI=1S/C4H9ClN2O4S/c1-7(12(5,9)10)2-3-11-4(6)8/h2-3H2,1H3,(H2,6,8). The van der Waals surface area contributed by atoms with E-state index in [-0.39, 0.29) is 13.2 Å². The summed E-state index contributed by atoms with van der Waals surface area (Å²) in [4.78, 5) is 10.0. The van der Waals surface area contributed by atoms with E-state index < -0.39 is 15.3 Å². The van der Waals surface area contributed by atoms with Gasteiger partial charge in [-0.05, 0) is 0 Å². The lowest BCUT2D eigenvalue weighted by Crippen LogP contribution is -2.28. The first-order chi connectivity index (χ1) is 5.34. The van der Waals surface area contributed by atoms with Crippen LogP contribution in [-0.4, -0.2) is 39.0 Å². The maximum absolute atomic E-state index is 10.5. The van der Waals surface area contributed by atoms with Crippen molar-refractivity contribution in [2.75, 3.05) is 20.2 Å². The van der Waals surface area contributed by atoms with Gasteiger partial charge in [0, 0.05) is 24.3 Å². The van der Waals surface area contributed by atoms with Crippen molar-refractivity contribution in [3.63, 3.8) is 0 Å². The van der Waals surface area contributed by atoms with Gasteiger partial charge in [-0.2, -0.15) is 12.7 Å². The Labute approximate surface area is 74.8 Å². The minimum absolute atomic E-state index is 0.0191. The summed E-state index contributed by atoms with van der Waals surface area (Å²) in [5.74, 6) is 0. The van der Waals surface area contributed by atoms with Crippen LogP contribution in [0.1, 0.15) is 0 Å². The van der Waals surface area contributed by atoms with Crippen molar-refractivity contribution in [1.82, 2.24) is 4.31 Å². The molecule has 0 fully saturated rings. The lowest BCUT2D eigenvalue weighted by atomic mass is 10.7. The highest BCUT2D eigenvalue weighted by Crippen LogP contribution is 2.01. The highest BCUT2D eigenvalue weighted by molar-refractivity contribution is 8.11. The quantitative estimate of drug-likeness (QED) is 0.642. The average molecular weight is 217 g/mol. The molecule has 0 aliphatic heterocycles. The third-order valence-electron chi connectivity index (χ3n) is 1.02. The molecule has 0 atom stereocenters. The summed E-state index contributed by atoms with van der Waals surface area (Å²) in [5, 5.41) is 0. The number of carbonyl (C=O) groups excluding carboxylic acids is 1. The molecule has 1 amide bonds. The van der Waals surface area contributed by atoms with Gasteiger partial charge in [-0.3, -0.25) is 0 Å². The van der Waals surface area contributed by atoms with Crippen molar-refractivity contribution in [2.45, 2.75) is 0 Å². The molecule has 0 saturated carbocycles. The van der Waals surface area contributed by atoms with E-state index in [2.05, 4.69) is 10.5 Å². The Morgan fingerprint density at radius 3 is 2.50 bits per heavy atom. The minimum Gasteiger partial charge on any atom is -0.448 e. The number of ether oxygens (including phenoxy) is 1. The van der Waals surface area contributed by atoms with Crippen molar-refractivity contribution in [2.24, 2.45) is 5.73 Å². The van der Waals surface area contributed by atoms with Gasteiger partial charge in [0.2, 0.25) is 0 Å². The number of nitrogens with zero attached hydrogens (tertiary/aromatic N) is 1. The summed E-state index contributed by atoms with van der Waals surface area (Å²) in [6.45, 7) is -0.132. The topological polar surface area (TPSA) is 89.7 Å². The van der Waals surface area contributed by atoms with Crippen LogP contribution in [0.25, 0.3) is 0 Å². The van der Waals surface area contributed by atoms with Crippen molar-refractivity contribution in [3.05, 3.63) is 0 Å². The summed E-state index contributed by atoms with van der Waals surface area (Å²) in [6.07, 6.45) is -0.949. The molecule has 0 aliphatic rings. The van der Waals surface area contributed by atoms with E-state index >= 15 is 0 Å². The van der Waals surface area contributed by atoms with E-state index in [1.54, 1.807) is 0 Å². The molecule has 6 nitrogen and oxygen atoms in total. The van der Waals surface area contributed by atoms with E-state index in [4.69, 9.17) is 10.7 Å². The van der Waals surface area contributed by atoms with E-state index in [0.29, 0.717) is 0 Å². The lowest BCUT2D eigenvalue weighted by molar-refractivity contribution is 0.152. The number of halogens is 1.